The van der Waals surface area contributed by atoms with E-state index < -0.39 is 5.63 Å². The fraction of sp³-hybridized carbons (Fsp3) is 0.348. The predicted molar refractivity (Wildman–Crippen MR) is 115 cm³/mol. The molecular formula is C23H24N4O3. The number of rotatable bonds is 3. The molecule has 4 aromatic rings. The quantitative estimate of drug-likeness (QED) is 0.486. The highest BCUT2D eigenvalue weighted by Crippen LogP contribution is 2.26. The molecule has 0 unspecified atom stereocenters. The topological polar surface area (TPSA) is 72.9 Å². The van der Waals surface area contributed by atoms with Crippen molar-refractivity contribution in [1.82, 2.24) is 19.3 Å². The van der Waals surface area contributed by atoms with Crippen molar-refractivity contribution in [3.05, 3.63) is 58.5 Å². The van der Waals surface area contributed by atoms with E-state index in [9.17, 15) is 4.79 Å². The Labute approximate surface area is 173 Å². The molecule has 0 radical (unpaired) electrons. The molecule has 1 aromatic carbocycles. The zero-order valence-electron chi connectivity index (χ0n) is 17.4. The minimum atomic E-state index is -0.412. The minimum Gasteiger partial charge on any atom is -0.490 e. The molecule has 0 amide bonds. The Hall–Kier alpha value is -3.19. The van der Waals surface area contributed by atoms with Crippen LogP contribution in [0, 0.1) is 13.8 Å². The van der Waals surface area contributed by atoms with Crippen LogP contribution in [0.15, 0.2) is 45.9 Å². The first-order valence-corrected chi connectivity index (χ1v) is 10.2. The number of likely N-dealkylation sites (tertiary alicyclic amines) is 1. The summed E-state index contributed by atoms with van der Waals surface area (Å²) in [5.41, 5.74) is 3.57. The van der Waals surface area contributed by atoms with E-state index in [-0.39, 0.29) is 6.10 Å². The van der Waals surface area contributed by atoms with E-state index in [1.54, 1.807) is 6.07 Å². The van der Waals surface area contributed by atoms with E-state index in [1.807, 2.05) is 48.8 Å². The van der Waals surface area contributed by atoms with Gasteiger partial charge in [-0.2, -0.15) is 0 Å². The van der Waals surface area contributed by atoms with Crippen LogP contribution >= 0.6 is 0 Å². The highest BCUT2D eigenvalue weighted by Gasteiger charge is 2.19. The largest absolute Gasteiger partial charge is 0.490 e. The Morgan fingerprint density at radius 2 is 1.90 bits per heavy atom. The smallest absolute Gasteiger partial charge is 0.345 e. The summed E-state index contributed by atoms with van der Waals surface area (Å²) < 4.78 is 13.7. The fourth-order valence-corrected chi connectivity index (χ4v) is 4.07. The van der Waals surface area contributed by atoms with Gasteiger partial charge < -0.3 is 18.5 Å². The molecule has 0 atom stereocenters. The van der Waals surface area contributed by atoms with Gasteiger partial charge in [0.15, 0.2) is 5.65 Å². The van der Waals surface area contributed by atoms with Crippen molar-refractivity contribution in [3.8, 4) is 17.0 Å². The van der Waals surface area contributed by atoms with Crippen LogP contribution in [0.2, 0.25) is 0 Å². The van der Waals surface area contributed by atoms with Crippen LogP contribution in [0.25, 0.3) is 27.9 Å². The summed E-state index contributed by atoms with van der Waals surface area (Å²) in [6.07, 6.45) is 5.93. The lowest BCUT2D eigenvalue weighted by molar-refractivity contribution is 0.114. The summed E-state index contributed by atoms with van der Waals surface area (Å²) in [6.45, 7) is 5.91. The van der Waals surface area contributed by atoms with E-state index in [4.69, 9.17) is 9.15 Å². The molecule has 0 N–H and O–H groups in total. The summed E-state index contributed by atoms with van der Waals surface area (Å²) in [5, 5.41) is 0.836. The number of ether oxygens (including phenoxy) is 1. The van der Waals surface area contributed by atoms with Gasteiger partial charge in [0, 0.05) is 36.9 Å². The molecule has 7 heteroatoms. The Bertz CT molecular complexity index is 1300. The standard InChI is InChI=1S/C23H24N4O3/c1-14-12-27-13-20(25-22(27)15(2)24-14)19-10-16-4-5-18(11-21(16)30-23(19)28)29-17-6-8-26(3)9-7-17/h4-5,10-13,17H,6-9H2,1-3H3. The van der Waals surface area contributed by atoms with Crippen molar-refractivity contribution in [2.45, 2.75) is 32.8 Å². The van der Waals surface area contributed by atoms with Crippen molar-refractivity contribution in [2.75, 3.05) is 20.1 Å². The third-order valence-corrected chi connectivity index (χ3v) is 5.68. The number of hydrogen-bond donors (Lipinski definition) is 0. The molecule has 154 valence electrons. The molecule has 0 saturated carbocycles. The second kappa shape index (κ2) is 7.25. The average molecular weight is 404 g/mol. The van der Waals surface area contributed by atoms with Crippen LogP contribution in [-0.4, -0.2) is 45.5 Å². The number of benzene rings is 1. The molecule has 0 spiro atoms. The van der Waals surface area contributed by atoms with Crippen LogP contribution in [0.5, 0.6) is 5.75 Å². The molecule has 5 rings (SSSR count). The van der Waals surface area contributed by atoms with Gasteiger partial charge in [0.1, 0.15) is 17.4 Å². The number of aromatic nitrogens is 3. The van der Waals surface area contributed by atoms with E-state index in [0.717, 1.165) is 54.1 Å². The Morgan fingerprint density at radius 3 is 2.70 bits per heavy atom. The van der Waals surface area contributed by atoms with Gasteiger partial charge in [-0.1, -0.05) is 0 Å². The molecule has 1 aliphatic rings. The Morgan fingerprint density at radius 1 is 1.10 bits per heavy atom. The molecule has 3 aromatic heterocycles. The number of nitrogens with zero attached hydrogens (tertiary/aromatic N) is 4. The van der Waals surface area contributed by atoms with E-state index in [2.05, 4.69) is 21.9 Å². The van der Waals surface area contributed by atoms with Crippen molar-refractivity contribution >= 4 is 16.6 Å². The molecule has 30 heavy (non-hydrogen) atoms. The average Bonchev–Trinajstić information content (AvgIpc) is 3.13. The van der Waals surface area contributed by atoms with Gasteiger partial charge in [-0.3, -0.25) is 4.98 Å². The molecule has 0 aliphatic carbocycles. The summed E-state index contributed by atoms with van der Waals surface area (Å²) in [7, 11) is 2.13. The second-order valence-corrected chi connectivity index (χ2v) is 8.09. The van der Waals surface area contributed by atoms with Gasteiger partial charge in [-0.15, -0.1) is 0 Å². The second-order valence-electron chi connectivity index (χ2n) is 8.09. The third-order valence-electron chi connectivity index (χ3n) is 5.68. The first-order chi connectivity index (χ1) is 14.5. The van der Waals surface area contributed by atoms with Crippen LogP contribution in [-0.2, 0) is 0 Å². The monoisotopic (exact) mass is 404 g/mol. The van der Waals surface area contributed by atoms with Gasteiger partial charge in [-0.05, 0) is 51.9 Å². The molecule has 1 saturated heterocycles. The zero-order valence-corrected chi connectivity index (χ0v) is 17.4. The van der Waals surface area contributed by atoms with Crippen molar-refractivity contribution < 1.29 is 9.15 Å². The lowest BCUT2D eigenvalue weighted by atomic mass is 10.1. The number of fused-ring (bicyclic) bond motifs is 2. The van der Waals surface area contributed by atoms with Gasteiger partial charge in [0.05, 0.1) is 22.6 Å². The maximum absolute atomic E-state index is 12.7. The zero-order chi connectivity index (χ0) is 20.8. The molecule has 1 aliphatic heterocycles. The number of hydrogen-bond acceptors (Lipinski definition) is 6. The number of piperidine rings is 1. The predicted octanol–water partition coefficient (Wildman–Crippen LogP) is 3.59. The van der Waals surface area contributed by atoms with Gasteiger partial charge in [0.2, 0.25) is 0 Å². The van der Waals surface area contributed by atoms with E-state index in [1.165, 1.54) is 0 Å². The maximum atomic E-state index is 12.7. The Kier molecular flexibility index (Phi) is 4.55. The number of aryl methyl sites for hydroxylation is 2. The summed E-state index contributed by atoms with van der Waals surface area (Å²) >= 11 is 0. The highest BCUT2D eigenvalue weighted by atomic mass is 16.5. The van der Waals surface area contributed by atoms with Crippen LogP contribution < -0.4 is 10.4 Å². The van der Waals surface area contributed by atoms with Crippen LogP contribution in [0.1, 0.15) is 24.2 Å². The summed E-state index contributed by atoms with van der Waals surface area (Å²) in [6, 6.07) is 7.50. The lowest BCUT2D eigenvalue weighted by Crippen LogP contribution is -2.35. The fourth-order valence-electron chi connectivity index (χ4n) is 4.07. The summed E-state index contributed by atoms with van der Waals surface area (Å²) in [4.78, 5) is 24.1. The normalized spacial score (nSPS) is 15.8. The first-order valence-electron chi connectivity index (χ1n) is 10.2. The molecule has 0 bridgehead atoms. The van der Waals surface area contributed by atoms with Crippen LogP contribution in [0.3, 0.4) is 0 Å². The van der Waals surface area contributed by atoms with E-state index >= 15 is 0 Å². The van der Waals surface area contributed by atoms with Gasteiger partial charge >= 0.3 is 5.63 Å². The molecule has 1 fully saturated rings. The lowest BCUT2D eigenvalue weighted by Gasteiger charge is -2.29. The summed E-state index contributed by atoms with van der Waals surface area (Å²) in [5.74, 6) is 0.734. The number of imidazole rings is 1. The molecular weight excluding hydrogens is 380 g/mol. The Balaban J connectivity index is 1.48. The van der Waals surface area contributed by atoms with Gasteiger partial charge in [-0.25, -0.2) is 9.78 Å². The van der Waals surface area contributed by atoms with E-state index in [0.29, 0.717) is 16.8 Å². The highest BCUT2D eigenvalue weighted by molar-refractivity contribution is 5.82. The molecule has 4 heterocycles. The van der Waals surface area contributed by atoms with Crippen molar-refractivity contribution in [2.24, 2.45) is 0 Å². The maximum Gasteiger partial charge on any atom is 0.345 e. The van der Waals surface area contributed by atoms with Crippen LogP contribution in [0.4, 0.5) is 0 Å². The van der Waals surface area contributed by atoms with Gasteiger partial charge in [0.25, 0.3) is 0 Å². The van der Waals surface area contributed by atoms with Crippen molar-refractivity contribution in [1.29, 1.82) is 0 Å². The van der Waals surface area contributed by atoms with Crippen molar-refractivity contribution in [3.63, 3.8) is 0 Å². The first kappa shape index (κ1) is 18.8. The third kappa shape index (κ3) is 3.45. The SMILES string of the molecule is Cc1cn2cc(-c3cc4ccc(OC5CCN(C)CC5)cc4oc3=O)nc2c(C)n1. The molecule has 7 nitrogen and oxygen atoms in total. The minimum absolute atomic E-state index is 0.197.